The molecule has 3 nitrogen and oxygen atoms in total. The molecule has 0 atom stereocenters. The number of nitrogens with zero attached hydrogens (tertiary/aromatic N) is 2. The maximum atomic E-state index is 11.1. The SMILES string of the molecule is O=C1C(Cl)=CC=C2N=[C]N=C12. The number of hydrogen-bond acceptors (Lipinski definition) is 3. The first kappa shape index (κ1) is 6.49. The van der Waals surface area contributed by atoms with Crippen molar-refractivity contribution in [3.63, 3.8) is 0 Å². The minimum absolute atomic E-state index is 0.173. The highest BCUT2D eigenvalue weighted by molar-refractivity contribution is 6.63. The van der Waals surface area contributed by atoms with Crippen LogP contribution in [-0.4, -0.2) is 17.8 Å². The Kier molecular flexibility index (Phi) is 1.26. The molecule has 0 N–H and O–H groups in total. The van der Waals surface area contributed by atoms with Crippen molar-refractivity contribution in [2.45, 2.75) is 0 Å². The maximum absolute atomic E-state index is 11.1. The summed E-state index contributed by atoms with van der Waals surface area (Å²) in [7, 11) is 0. The van der Waals surface area contributed by atoms with Crippen molar-refractivity contribution < 1.29 is 4.79 Å². The fourth-order valence-electron chi connectivity index (χ4n) is 0.863. The summed E-state index contributed by atoms with van der Waals surface area (Å²) in [6.45, 7) is 0. The van der Waals surface area contributed by atoms with Gasteiger partial charge >= 0.3 is 0 Å². The minimum atomic E-state index is -0.280. The van der Waals surface area contributed by atoms with Crippen molar-refractivity contribution in [2.75, 3.05) is 0 Å². The summed E-state index contributed by atoms with van der Waals surface area (Å²) < 4.78 is 0. The second-order valence-electron chi connectivity index (χ2n) is 2.07. The molecule has 0 aromatic carbocycles. The quantitative estimate of drug-likeness (QED) is 0.493. The fourth-order valence-corrected chi connectivity index (χ4v) is 1.02. The van der Waals surface area contributed by atoms with Crippen molar-refractivity contribution in [3.05, 3.63) is 22.9 Å². The van der Waals surface area contributed by atoms with Gasteiger partial charge in [0, 0.05) is 0 Å². The van der Waals surface area contributed by atoms with E-state index in [9.17, 15) is 4.79 Å². The van der Waals surface area contributed by atoms with Gasteiger partial charge in [0.1, 0.15) is 5.71 Å². The molecule has 0 bridgehead atoms. The van der Waals surface area contributed by atoms with Crippen molar-refractivity contribution in [2.24, 2.45) is 9.98 Å². The van der Waals surface area contributed by atoms with Gasteiger partial charge in [-0.3, -0.25) is 4.79 Å². The number of allylic oxidation sites excluding steroid dienone is 4. The van der Waals surface area contributed by atoms with Gasteiger partial charge in [-0.1, -0.05) is 11.6 Å². The highest BCUT2D eigenvalue weighted by atomic mass is 35.5. The molecule has 0 saturated heterocycles. The number of hydrogen-bond donors (Lipinski definition) is 0. The molecule has 11 heavy (non-hydrogen) atoms. The molecule has 0 spiro atoms. The number of ketones is 1. The Hall–Kier alpha value is -1.22. The lowest BCUT2D eigenvalue weighted by molar-refractivity contribution is -0.109. The van der Waals surface area contributed by atoms with Gasteiger partial charge in [0.15, 0.2) is 6.34 Å². The Labute approximate surface area is 67.8 Å². The van der Waals surface area contributed by atoms with E-state index in [4.69, 9.17) is 11.6 Å². The third-order valence-corrected chi connectivity index (χ3v) is 1.69. The van der Waals surface area contributed by atoms with Gasteiger partial charge in [0.2, 0.25) is 5.78 Å². The molecular formula is C7H2ClN2O. The number of halogens is 1. The van der Waals surface area contributed by atoms with Crippen LogP contribution in [0, 0.1) is 0 Å². The molecule has 1 aliphatic heterocycles. The first-order chi connectivity index (χ1) is 5.29. The van der Waals surface area contributed by atoms with E-state index in [1.165, 1.54) is 6.08 Å². The Bertz CT molecular complexity index is 349. The third-order valence-electron chi connectivity index (χ3n) is 1.39. The predicted molar refractivity (Wildman–Crippen MR) is 41.9 cm³/mol. The molecule has 0 aromatic heterocycles. The van der Waals surface area contributed by atoms with Crippen LogP contribution in [0.5, 0.6) is 0 Å². The van der Waals surface area contributed by atoms with Crippen molar-refractivity contribution in [3.8, 4) is 0 Å². The first-order valence-electron chi connectivity index (χ1n) is 2.95. The fraction of sp³-hybridized carbons (Fsp3) is 0. The van der Waals surface area contributed by atoms with E-state index in [1.54, 1.807) is 6.08 Å². The van der Waals surface area contributed by atoms with E-state index in [-0.39, 0.29) is 16.5 Å². The first-order valence-corrected chi connectivity index (χ1v) is 3.33. The maximum Gasteiger partial charge on any atom is 0.224 e. The lowest BCUT2D eigenvalue weighted by Gasteiger charge is -2.03. The Morgan fingerprint density at radius 3 is 3.09 bits per heavy atom. The van der Waals surface area contributed by atoms with Gasteiger partial charge in [-0.25, -0.2) is 9.98 Å². The van der Waals surface area contributed by atoms with Crippen LogP contribution in [0.1, 0.15) is 0 Å². The van der Waals surface area contributed by atoms with Gasteiger partial charge in [-0.15, -0.1) is 0 Å². The highest BCUT2D eigenvalue weighted by Crippen LogP contribution is 2.18. The van der Waals surface area contributed by atoms with E-state index in [1.807, 2.05) is 0 Å². The van der Waals surface area contributed by atoms with E-state index >= 15 is 0 Å². The number of aliphatic imine (C=N–C) groups is 2. The number of carbonyl (C=O) groups excluding carboxylic acids is 1. The lowest BCUT2D eigenvalue weighted by Crippen LogP contribution is -2.16. The molecule has 0 saturated carbocycles. The van der Waals surface area contributed by atoms with Crippen LogP contribution in [0.25, 0.3) is 0 Å². The van der Waals surface area contributed by atoms with E-state index in [0.29, 0.717) is 5.70 Å². The molecule has 53 valence electrons. The summed E-state index contributed by atoms with van der Waals surface area (Å²) in [5.41, 5.74) is 0.830. The standard InChI is InChI=1S/C7H2ClN2O/c8-4-1-2-5-6(7(4)11)10-3-9-5/h1-2H. The Morgan fingerprint density at radius 2 is 2.27 bits per heavy atom. The van der Waals surface area contributed by atoms with Crippen LogP contribution in [-0.2, 0) is 4.79 Å². The minimum Gasteiger partial charge on any atom is -0.286 e. The molecule has 4 heteroatoms. The molecule has 2 aliphatic rings. The molecule has 0 fully saturated rings. The van der Waals surface area contributed by atoms with E-state index in [2.05, 4.69) is 16.3 Å². The zero-order valence-electron chi connectivity index (χ0n) is 5.34. The monoisotopic (exact) mass is 165 g/mol. The molecule has 0 amide bonds. The highest BCUT2D eigenvalue weighted by Gasteiger charge is 2.24. The van der Waals surface area contributed by atoms with E-state index in [0.717, 1.165) is 0 Å². The van der Waals surface area contributed by atoms with Crippen molar-refractivity contribution in [1.82, 2.24) is 0 Å². The largest absolute Gasteiger partial charge is 0.286 e. The number of fused-ring (bicyclic) bond motifs is 1. The van der Waals surface area contributed by atoms with E-state index < -0.39 is 0 Å². The lowest BCUT2D eigenvalue weighted by atomic mass is 10.1. The second-order valence-corrected chi connectivity index (χ2v) is 2.48. The molecule has 0 aromatic rings. The summed E-state index contributed by atoms with van der Waals surface area (Å²) in [4.78, 5) is 18.5. The molecule has 1 radical (unpaired) electrons. The molecular weight excluding hydrogens is 164 g/mol. The number of rotatable bonds is 0. The van der Waals surface area contributed by atoms with Gasteiger partial charge in [-0.2, -0.15) is 0 Å². The number of Topliss-reactive ketones (excluding diaryl/α,β-unsaturated/α-hetero) is 1. The van der Waals surface area contributed by atoms with Crippen LogP contribution in [0.3, 0.4) is 0 Å². The molecule has 1 aliphatic carbocycles. The summed E-state index contributed by atoms with van der Waals surface area (Å²) in [6.07, 6.45) is 5.50. The van der Waals surface area contributed by atoms with Gasteiger partial charge < -0.3 is 0 Å². The average Bonchev–Trinajstić information content (AvgIpc) is 2.45. The Morgan fingerprint density at radius 1 is 1.45 bits per heavy atom. The zero-order valence-corrected chi connectivity index (χ0v) is 6.09. The summed E-state index contributed by atoms with van der Waals surface area (Å²) in [5, 5.41) is 0.173. The molecule has 1 heterocycles. The van der Waals surface area contributed by atoms with Crippen LogP contribution < -0.4 is 0 Å². The normalized spacial score (nSPS) is 20.8. The van der Waals surface area contributed by atoms with Crippen molar-refractivity contribution >= 4 is 29.4 Å². The molecule has 2 rings (SSSR count). The topological polar surface area (TPSA) is 41.8 Å². The zero-order chi connectivity index (χ0) is 7.84. The van der Waals surface area contributed by atoms with Gasteiger partial charge in [0.25, 0.3) is 0 Å². The van der Waals surface area contributed by atoms with Crippen LogP contribution in [0.4, 0.5) is 0 Å². The molecule has 0 unspecified atom stereocenters. The number of carbonyl (C=O) groups is 1. The van der Waals surface area contributed by atoms with Crippen LogP contribution >= 0.6 is 11.6 Å². The summed E-state index contributed by atoms with van der Waals surface area (Å²) >= 11 is 5.55. The van der Waals surface area contributed by atoms with Crippen LogP contribution in [0.15, 0.2) is 32.9 Å². The summed E-state index contributed by atoms with van der Waals surface area (Å²) in [5.74, 6) is -0.280. The average molecular weight is 166 g/mol. The summed E-state index contributed by atoms with van der Waals surface area (Å²) in [6, 6.07) is 0. The Balaban J connectivity index is 2.54. The van der Waals surface area contributed by atoms with Crippen LogP contribution in [0.2, 0.25) is 0 Å². The second kappa shape index (κ2) is 2.13. The van der Waals surface area contributed by atoms with Gasteiger partial charge in [0.05, 0.1) is 10.7 Å². The predicted octanol–water partition coefficient (Wildman–Crippen LogP) is 0.936. The smallest absolute Gasteiger partial charge is 0.224 e. The van der Waals surface area contributed by atoms with Crippen molar-refractivity contribution in [1.29, 1.82) is 0 Å². The van der Waals surface area contributed by atoms with Gasteiger partial charge in [-0.05, 0) is 12.2 Å². The third kappa shape index (κ3) is 0.851.